The largest absolute Gasteiger partial charge is 0.478 e. The van der Waals surface area contributed by atoms with Gasteiger partial charge in [-0.15, -0.1) is 0 Å². The van der Waals surface area contributed by atoms with Crippen LogP contribution in [0.5, 0.6) is 6.01 Å². The summed E-state index contributed by atoms with van der Waals surface area (Å²) in [5.41, 5.74) is 4.85. The number of hydrogen-bond donors (Lipinski definition) is 2. The number of ether oxygens (including phenoxy) is 1. The Morgan fingerprint density at radius 1 is 1.25 bits per heavy atom. The molecule has 0 bridgehead atoms. The fourth-order valence-electron chi connectivity index (χ4n) is 2.80. The summed E-state index contributed by atoms with van der Waals surface area (Å²) in [6.07, 6.45) is 8.37. The maximum atomic E-state index is 11.1. The van der Waals surface area contributed by atoms with Crippen molar-refractivity contribution >= 4 is 22.9 Å². The number of nitrogens with one attached hydrogen (secondary N) is 1. The average molecular weight is 379 g/mol. The molecule has 3 aromatic rings. The van der Waals surface area contributed by atoms with E-state index in [9.17, 15) is 4.79 Å². The summed E-state index contributed by atoms with van der Waals surface area (Å²) in [4.78, 5) is 19.5. The summed E-state index contributed by atoms with van der Waals surface area (Å²) >= 11 is 0. The van der Waals surface area contributed by atoms with E-state index in [1.54, 1.807) is 24.9 Å². The molecule has 0 unspecified atom stereocenters. The van der Waals surface area contributed by atoms with E-state index in [4.69, 9.17) is 14.3 Å². The molecular weight excluding hydrogens is 358 g/mol. The molecule has 3 rings (SSSR count). The van der Waals surface area contributed by atoms with Gasteiger partial charge in [0.25, 0.3) is 0 Å². The van der Waals surface area contributed by atoms with Crippen molar-refractivity contribution in [3.05, 3.63) is 60.8 Å². The van der Waals surface area contributed by atoms with Gasteiger partial charge in [0.15, 0.2) is 0 Å². The SMILES string of the molecule is CCOc1ncc(Nc2cc(/C(=C/C(=O)O)CC)ccc2-c2ccoc2)cn1. The lowest BCUT2D eigenvalue weighted by Crippen LogP contribution is -2.00. The normalized spacial score (nSPS) is 11.3. The van der Waals surface area contributed by atoms with E-state index in [2.05, 4.69) is 15.3 Å². The Morgan fingerprint density at radius 2 is 2.04 bits per heavy atom. The van der Waals surface area contributed by atoms with Crippen LogP contribution < -0.4 is 10.1 Å². The second-order valence-corrected chi connectivity index (χ2v) is 5.95. The highest BCUT2D eigenvalue weighted by atomic mass is 16.5. The van der Waals surface area contributed by atoms with Gasteiger partial charge >= 0.3 is 12.0 Å². The minimum atomic E-state index is -0.967. The number of hydrogen-bond acceptors (Lipinski definition) is 6. The van der Waals surface area contributed by atoms with Gasteiger partial charge in [0.05, 0.1) is 37.2 Å². The lowest BCUT2D eigenvalue weighted by Gasteiger charge is -2.14. The van der Waals surface area contributed by atoms with Gasteiger partial charge in [0.2, 0.25) is 0 Å². The number of carboxylic acids is 1. The maximum Gasteiger partial charge on any atom is 0.328 e. The van der Waals surface area contributed by atoms with E-state index in [1.807, 2.05) is 38.1 Å². The Morgan fingerprint density at radius 3 is 2.64 bits per heavy atom. The second-order valence-electron chi connectivity index (χ2n) is 5.95. The van der Waals surface area contributed by atoms with E-state index in [-0.39, 0.29) is 0 Å². The molecule has 0 spiro atoms. The van der Waals surface area contributed by atoms with E-state index in [0.29, 0.717) is 24.7 Å². The Balaban J connectivity index is 2.00. The number of nitrogens with zero attached hydrogens (tertiary/aromatic N) is 2. The molecule has 0 aliphatic heterocycles. The standard InChI is InChI=1S/C21H21N3O4/c1-3-14(10-20(25)26)15-5-6-18(16-7-8-27-13-16)19(9-15)24-17-11-22-21(23-12-17)28-4-2/h5-13,24H,3-4H2,1-2H3,(H,25,26)/b14-10+. The lowest BCUT2D eigenvalue weighted by molar-refractivity contribution is -0.131. The van der Waals surface area contributed by atoms with Gasteiger partial charge in [-0.2, -0.15) is 0 Å². The molecule has 0 amide bonds. The smallest absolute Gasteiger partial charge is 0.328 e. The molecule has 7 heteroatoms. The first kappa shape index (κ1) is 19.2. The third-order valence-corrected chi connectivity index (χ3v) is 4.08. The summed E-state index contributed by atoms with van der Waals surface area (Å²) < 4.78 is 10.5. The zero-order valence-corrected chi connectivity index (χ0v) is 15.7. The number of carboxylic acid groups (broad SMARTS) is 1. The van der Waals surface area contributed by atoms with Crippen molar-refractivity contribution in [1.82, 2.24) is 9.97 Å². The quantitative estimate of drug-likeness (QED) is 0.545. The summed E-state index contributed by atoms with van der Waals surface area (Å²) in [5.74, 6) is -0.967. The van der Waals surface area contributed by atoms with E-state index < -0.39 is 5.97 Å². The van der Waals surface area contributed by atoms with E-state index in [0.717, 1.165) is 28.0 Å². The highest BCUT2D eigenvalue weighted by Crippen LogP contribution is 2.34. The van der Waals surface area contributed by atoms with Gasteiger partial charge in [-0.3, -0.25) is 0 Å². The van der Waals surface area contributed by atoms with Crippen LogP contribution in [0, 0.1) is 0 Å². The van der Waals surface area contributed by atoms with Crippen LogP contribution in [0.1, 0.15) is 25.8 Å². The molecule has 0 aliphatic carbocycles. The van der Waals surface area contributed by atoms with Crippen molar-refractivity contribution in [3.63, 3.8) is 0 Å². The number of allylic oxidation sites excluding steroid dienone is 1. The molecule has 2 aromatic heterocycles. The number of aliphatic carboxylic acids is 1. The van der Waals surface area contributed by atoms with Gasteiger partial charge < -0.3 is 19.6 Å². The fraction of sp³-hybridized carbons (Fsp3) is 0.190. The number of rotatable bonds is 8. The molecule has 1 aromatic carbocycles. The first-order chi connectivity index (χ1) is 13.6. The molecule has 0 atom stereocenters. The third kappa shape index (κ3) is 4.56. The van der Waals surface area contributed by atoms with Gasteiger partial charge in [0, 0.05) is 22.9 Å². The molecule has 0 fully saturated rings. The van der Waals surface area contributed by atoms with Gasteiger partial charge in [-0.1, -0.05) is 19.1 Å². The third-order valence-electron chi connectivity index (χ3n) is 4.08. The van der Waals surface area contributed by atoms with Crippen molar-refractivity contribution < 1.29 is 19.1 Å². The van der Waals surface area contributed by atoms with Crippen LogP contribution >= 0.6 is 0 Å². The Hall–Kier alpha value is -3.61. The first-order valence-electron chi connectivity index (χ1n) is 8.93. The zero-order valence-electron chi connectivity index (χ0n) is 15.7. The number of benzene rings is 1. The highest BCUT2D eigenvalue weighted by molar-refractivity contribution is 5.91. The average Bonchev–Trinajstić information content (AvgIpc) is 3.22. The van der Waals surface area contributed by atoms with Gasteiger partial charge in [0.1, 0.15) is 0 Å². The van der Waals surface area contributed by atoms with Crippen molar-refractivity contribution in [2.24, 2.45) is 0 Å². The minimum Gasteiger partial charge on any atom is -0.478 e. The van der Waals surface area contributed by atoms with Crippen LogP contribution in [0.25, 0.3) is 16.7 Å². The topological polar surface area (TPSA) is 97.5 Å². The molecular formula is C21H21N3O4. The van der Waals surface area contributed by atoms with Crippen LogP contribution in [-0.4, -0.2) is 27.7 Å². The molecule has 2 heterocycles. The molecule has 0 aliphatic rings. The maximum absolute atomic E-state index is 11.1. The Bertz CT molecular complexity index is 964. The zero-order chi connectivity index (χ0) is 19.9. The van der Waals surface area contributed by atoms with Crippen LogP contribution in [0.4, 0.5) is 11.4 Å². The van der Waals surface area contributed by atoms with Crippen molar-refractivity contribution in [3.8, 4) is 17.1 Å². The van der Waals surface area contributed by atoms with Crippen molar-refractivity contribution in [2.45, 2.75) is 20.3 Å². The van der Waals surface area contributed by atoms with E-state index in [1.165, 1.54) is 6.08 Å². The predicted molar refractivity (Wildman–Crippen MR) is 107 cm³/mol. The number of furan rings is 1. The van der Waals surface area contributed by atoms with Crippen LogP contribution in [0.3, 0.4) is 0 Å². The van der Waals surface area contributed by atoms with Crippen LogP contribution in [-0.2, 0) is 4.79 Å². The van der Waals surface area contributed by atoms with Crippen LogP contribution in [0.15, 0.2) is 59.7 Å². The number of anilines is 2. The number of carbonyl (C=O) groups is 1. The lowest BCUT2D eigenvalue weighted by atomic mass is 9.98. The second kappa shape index (κ2) is 8.85. The summed E-state index contributed by atoms with van der Waals surface area (Å²) in [7, 11) is 0. The molecule has 144 valence electrons. The molecule has 0 saturated heterocycles. The Kier molecular flexibility index (Phi) is 6.06. The first-order valence-corrected chi connectivity index (χ1v) is 8.93. The minimum absolute atomic E-state index is 0.314. The number of aromatic nitrogens is 2. The molecule has 0 radical (unpaired) electrons. The Labute approximate surface area is 162 Å². The predicted octanol–water partition coefficient (Wildman–Crippen LogP) is 4.76. The van der Waals surface area contributed by atoms with Crippen molar-refractivity contribution in [2.75, 3.05) is 11.9 Å². The van der Waals surface area contributed by atoms with Gasteiger partial charge in [-0.25, -0.2) is 14.8 Å². The molecule has 28 heavy (non-hydrogen) atoms. The van der Waals surface area contributed by atoms with E-state index >= 15 is 0 Å². The summed E-state index contributed by atoms with van der Waals surface area (Å²) in [6, 6.07) is 7.93. The van der Waals surface area contributed by atoms with Gasteiger partial charge in [-0.05, 0) is 36.6 Å². The monoisotopic (exact) mass is 379 g/mol. The molecule has 7 nitrogen and oxygen atoms in total. The highest BCUT2D eigenvalue weighted by Gasteiger charge is 2.11. The van der Waals surface area contributed by atoms with Crippen LogP contribution in [0.2, 0.25) is 0 Å². The molecule has 0 saturated carbocycles. The summed E-state index contributed by atoms with van der Waals surface area (Å²) in [5, 5.41) is 12.4. The fourth-order valence-corrected chi connectivity index (χ4v) is 2.80. The van der Waals surface area contributed by atoms with Crippen molar-refractivity contribution in [1.29, 1.82) is 0 Å². The summed E-state index contributed by atoms with van der Waals surface area (Å²) in [6.45, 7) is 4.29. The molecule has 2 N–H and O–H groups in total.